The van der Waals surface area contributed by atoms with Crippen LogP contribution in [0.25, 0.3) is 0 Å². The Labute approximate surface area is 92.5 Å². The molecule has 1 aromatic carbocycles. The normalized spacial score (nSPS) is 12.6. The largest absolute Gasteiger partial charge is 0.324 e. The van der Waals surface area contributed by atoms with E-state index in [1.807, 2.05) is 0 Å². The van der Waals surface area contributed by atoms with Gasteiger partial charge in [0.25, 0.3) is 0 Å². The summed E-state index contributed by atoms with van der Waals surface area (Å²) < 4.78 is 26.8. The van der Waals surface area contributed by atoms with E-state index >= 15 is 0 Å². The maximum absolute atomic E-state index is 13.5. The zero-order valence-electron chi connectivity index (χ0n) is 8.36. The molecule has 0 heterocycles. The fraction of sp³-hybridized carbons (Fsp3) is 0.273. The molecule has 0 aliphatic rings. The van der Waals surface area contributed by atoms with Crippen molar-refractivity contribution < 1.29 is 8.78 Å². The van der Waals surface area contributed by atoms with Crippen molar-refractivity contribution in [1.29, 1.82) is 0 Å². The SMILES string of the molecule is C=C(C)C[C@H](N)c1c(F)ccc(Cl)c1F. The Kier molecular flexibility index (Phi) is 3.83. The minimum absolute atomic E-state index is 0.122. The molecule has 0 amide bonds. The number of hydrogen-bond acceptors (Lipinski definition) is 1. The van der Waals surface area contributed by atoms with Gasteiger partial charge in [0.1, 0.15) is 11.6 Å². The van der Waals surface area contributed by atoms with Gasteiger partial charge in [0.2, 0.25) is 0 Å². The summed E-state index contributed by atoms with van der Waals surface area (Å²) in [6.07, 6.45) is 0.328. The highest BCUT2D eigenvalue weighted by molar-refractivity contribution is 6.30. The van der Waals surface area contributed by atoms with Crippen molar-refractivity contribution in [3.05, 3.63) is 46.5 Å². The summed E-state index contributed by atoms with van der Waals surface area (Å²) in [7, 11) is 0. The Hall–Kier alpha value is -0.930. The first-order chi connectivity index (χ1) is 6.93. The van der Waals surface area contributed by atoms with Gasteiger partial charge in [-0.3, -0.25) is 0 Å². The van der Waals surface area contributed by atoms with Crippen molar-refractivity contribution >= 4 is 11.6 Å². The van der Waals surface area contributed by atoms with E-state index in [1.165, 1.54) is 6.07 Å². The molecule has 1 nitrogen and oxygen atoms in total. The fourth-order valence-corrected chi connectivity index (χ4v) is 1.52. The molecule has 0 unspecified atom stereocenters. The van der Waals surface area contributed by atoms with Gasteiger partial charge in [-0.25, -0.2) is 8.78 Å². The lowest BCUT2D eigenvalue weighted by molar-refractivity contribution is 0.524. The van der Waals surface area contributed by atoms with E-state index in [-0.39, 0.29) is 10.6 Å². The van der Waals surface area contributed by atoms with Crippen molar-refractivity contribution in [2.45, 2.75) is 19.4 Å². The van der Waals surface area contributed by atoms with Crippen LogP contribution < -0.4 is 5.73 Å². The summed E-state index contributed by atoms with van der Waals surface area (Å²) in [4.78, 5) is 0. The van der Waals surface area contributed by atoms with E-state index in [2.05, 4.69) is 6.58 Å². The van der Waals surface area contributed by atoms with Crippen LogP contribution in [0.4, 0.5) is 8.78 Å². The van der Waals surface area contributed by atoms with Gasteiger partial charge in [0.15, 0.2) is 0 Å². The molecule has 0 saturated carbocycles. The Morgan fingerprint density at radius 3 is 2.67 bits per heavy atom. The molecule has 4 heteroatoms. The monoisotopic (exact) mass is 231 g/mol. The second-order valence-electron chi connectivity index (χ2n) is 3.52. The minimum atomic E-state index is -0.787. The second kappa shape index (κ2) is 4.73. The maximum Gasteiger partial charge on any atom is 0.149 e. The van der Waals surface area contributed by atoms with Crippen LogP contribution in [0.1, 0.15) is 24.9 Å². The quantitative estimate of drug-likeness (QED) is 0.625. The molecule has 1 atom stereocenters. The lowest BCUT2D eigenvalue weighted by Gasteiger charge is -2.14. The number of benzene rings is 1. The molecule has 82 valence electrons. The number of rotatable bonds is 3. The molecule has 15 heavy (non-hydrogen) atoms. The van der Waals surface area contributed by atoms with E-state index in [4.69, 9.17) is 17.3 Å². The zero-order valence-corrected chi connectivity index (χ0v) is 9.11. The molecule has 2 N–H and O–H groups in total. The molecule has 0 aromatic heterocycles. The van der Waals surface area contributed by atoms with Crippen LogP contribution in [0.5, 0.6) is 0 Å². The first-order valence-electron chi connectivity index (χ1n) is 4.46. The number of hydrogen-bond donors (Lipinski definition) is 1. The number of halogens is 3. The second-order valence-corrected chi connectivity index (χ2v) is 3.93. The fourth-order valence-electron chi connectivity index (χ4n) is 1.36. The van der Waals surface area contributed by atoms with Crippen LogP contribution in [0.2, 0.25) is 5.02 Å². The van der Waals surface area contributed by atoms with E-state index in [9.17, 15) is 8.78 Å². The Morgan fingerprint density at radius 1 is 1.53 bits per heavy atom. The third kappa shape index (κ3) is 2.76. The molecule has 0 aliphatic carbocycles. The van der Waals surface area contributed by atoms with E-state index in [0.717, 1.165) is 11.6 Å². The van der Waals surface area contributed by atoms with Crippen molar-refractivity contribution in [1.82, 2.24) is 0 Å². The Bertz CT molecular complexity index is 390. The summed E-state index contributed by atoms with van der Waals surface area (Å²) in [6, 6.07) is 1.53. The predicted octanol–water partition coefficient (Wildman–Crippen LogP) is 3.58. The van der Waals surface area contributed by atoms with Crippen molar-refractivity contribution in [2.24, 2.45) is 5.73 Å². The molecule has 0 aliphatic heterocycles. The van der Waals surface area contributed by atoms with E-state index in [0.29, 0.717) is 6.42 Å². The highest BCUT2D eigenvalue weighted by Crippen LogP contribution is 2.27. The summed E-state index contributed by atoms with van der Waals surface area (Å²) in [5.41, 5.74) is 6.26. The topological polar surface area (TPSA) is 26.0 Å². The van der Waals surface area contributed by atoms with E-state index in [1.54, 1.807) is 6.92 Å². The van der Waals surface area contributed by atoms with Gasteiger partial charge in [-0.2, -0.15) is 0 Å². The van der Waals surface area contributed by atoms with Crippen molar-refractivity contribution in [3.63, 3.8) is 0 Å². The molecule has 1 rings (SSSR count). The highest BCUT2D eigenvalue weighted by Gasteiger charge is 2.18. The van der Waals surface area contributed by atoms with Crippen LogP contribution in [-0.2, 0) is 0 Å². The minimum Gasteiger partial charge on any atom is -0.324 e. The Balaban J connectivity index is 3.12. The molecule has 0 fully saturated rings. The first-order valence-corrected chi connectivity index (χ1v) is 4.84. The Morgan fingerprint density at radius 2 is 2.13 bits per heavy atom. The zero-order chi connectivity index (χ0) is 11.6. The van der Waals surface area contributed by atoms with Crippen LogP contribution in [0, 0.1) is 11.6 Å². The first kappa shape index (κ1) is 12.1. The van der Waals surface area contributed by atoms with Gasteiger partial charge in [-0.1, -0.05) is 17.2 Å². The van der Waals surface area contributed by atoms with Crippen LogP contribution in [0.15, 0.2) is 24.3 Å². The maximum atomic E-state index is 13.5. The lowest BCUT2D eigenvalue weighted by Crippen LogP contribution is -2.14. The van der Waals surface area contributed by atoms with Gasteiger partial charge in [0, 0.05) is 11.6 Å². The molecular formula is C11H12ClF2N. The van der Waals surface area contributed by atoms with E-state index < -0.39 is 17.7 Å². The average Bonchev–Trinajstić information content (AvgIpc) is 2.11. The van der Waals surface area contributed by atoms with Gasteiger partial charge in [0.05, 0.1) is 5.02 Å². The lowest BCUT2D eigenvalue weighted by atomic mass is 10.0. The van der Waals surface area contributed by atoms with Gasteiger partial charge in [-0.05, 0) is 25.5 Å². The van der Waals surface area contributed by atoms with Gasteiger partial charge < -0.3 is 5.73 Å². The van der Waals surface area contributed by atoms with Crippen LogP contribution in [0.3, 0.4) is 0 Å². The highest BCUT2D eigenvalue weighted by atomic mass is 35.5. The number of nitrogens with two attached hydrogens (primary N) is 1. The van der Waals surface area contributed by atoms with Crippen LogP contribution >= 0.6 is 11.6 Å². The molecule has 1 aromatic rings. The third-order valence-corrected chi connectivity index (χ3v) is 2.31. The summed E-state index contributed by atoms with van der Waals surface area (Å²) in [5.74, 6) is -1.46. The predicted molar refractivity (Wildman–Crippen MR) is 57.7 cm³/mol. The third-order valence-electron chi connectivity index (χ3n) is 2.02. The molecule has 0 radical (unpaired) electrons. The summed E-state index contributed by atoms with van der Waals surface area (Å²) >= 11 is 5.55. The standard InChI is InChI=1S/C11H12ClF2N/c1-6(2)5-9(15)10-8(13)4-3-7(12)11(10)14/h3-4,9H,1,5,15H2,2H3/t9-/m0/s1. The molecule has 0 saturated heterocycles. The van der Waals surface area contributed by atoms with Crippen molar-refractivity contribution in [3.8, 4) is 0 Å². The van der Waals surface area contributed by atoms with Gasteiger partial charge in [-0.15, -0.1) is 6.58 Å². The molecule has 0 spiro atoms. The smallest absolute Gasteiger partial charge is 0.149 e. The summed E-state index contributed by atoms with van der Waals surface area (Å²) in [5, 5.41) is -0.122. The van der Waals surface area contributed by atoms with Crippen molar-refractivity contribution in [2.75, 3.05) is 0 Å². The van der Waals surface area contributed by atoms with Crippen LogP contribution in [-0.4, -0.2) is 0 Å². The van der Waals surface area contributed by atoms with Gasteiger partial charge >= 0.3 is 0 Å². The molecular weight excluding hydrogens is 220 g/mol. The summed E-state index contributed by atoms with van der Waals surface area (Å²) in [6.45, 7) is 5.39. The molecule has 0 bridgehead atoms. The average molecular weight is 232 g/mol.